The van der Waals surface area contributed by atoms with Gasteiger partial charge in [0.2, 0.25) is 5.75 Å². The number of benzene rings is 3. The lowest BCUT2D eigenvalue weighted by molar-refractivity contribution is -0.129. The molecule has 0 saturated carbocycles. The molecule has 3 aromatic rings. The van der Waals surface area contributed by atoms with E-state index in [1.54, 1.807) is 66.4 Å². The number of nitrogens with zero attached hydrogens (tertiary/aromatic N) is 1. The summed E-state index contributed by atoms with van der Waals surface area (Å²) in [4.78, 5) is 46.4. The molecule has 2 saturated heterocycles. The maximum Gasteiger partial charge on any atom is 0.251 e. The Morgan fingerprint density at radius 1 is 0.925 bits per heavy atom. The first-order chi connectivity index (χ1) is 19.4. The van der Waals surface area contributed by atoms with E-state index in [4.69, 9.17) is 25.8 Å². The van der Waals surface area contributed by atoms with Gasteiger partial charge in [-0.05, 0) is 35.9 Å². The Morgan fingerprint density at radius 2 is 1.57 bits per heavy atom. The minimum atomic E-state index is -1.80. The third-order valence-corrected chi connectivity index (χ3v) is 10.2. The Hall–Kier alpha value is -3.53. The number of anilines is 1. The zero-order valence-electron chi connectivity index (χ0n) is 21.9. The van der Waals surface area contributed by atoms with Gasteiger partial charge in [-0.3, -0.25) is 19.3 Å². The summed E-state index contributed by atoms with van der Waals surface area (Å²) in [7, 11) is 4.57. The van der Waals surface area contributed by atoms with Crippen molar-refractivity contribution in [3.8, 4) is 17.2 Å². The van der Waals surface area contributed by atoms with Gasteiger partial charge in [0.25, 0.3) is 5.91 Å². The highest BCUT2D eigenvalue weighted by Crippen LogP contribution is 2.70. The number of ether oxygens (including phenoxy) is 3. The van der Waals surface area contributed by atoms with Crippen LogP contribution >= 0.6 is 23.4 Å². The molecule has 0 bridgehead atoms. The van der Waals surface area contributed by atoms with Gasteiger partial charge in [0.15, 0.2) is 28.6 Å². The number of rotatable bonds is 4. The molecule has 10 heteroatoms. The minimum absolute atomic E-state index is 0.321. The number of fused-ring (bicyclic) bond motifs is 6. The van der Waals surface area contributed by atoms with Crippen LogP contribution in [0.15, 0.2) is 54.6 Å². The Balaban J connectivity index is 1.61. The van der Waals surface area contributed by atoms with E-state index in [-0.39, 0.29) is 17.6 Å². The van der Waals surface area contributed by atoms with Gasteiger partial charge < -0.3 is 19.5 Å². The molecule has 3 atom stereocenters. The lowest BCUT2D eigenvalue weighted by Crippen LogP contribution is -2.60. The van der Waals surface area contributed by atoms with Crippen molar-refractivity contribution >= 4 is 46.5 Å². The number of methoxy groups -OCH3 is 3. The molecule has 2 fully saturated rings. The van der Waals surface area contributed by atoms with Gasteiger partial charge in [-0.25, -0.2) is 0 Å². The number of amides is 1. The van der Waals surface area contributed by atoms with Crippen molar-refractivity contribution in [1.29, 1.82) is 0 Å². The molecule has 3 aliphatic heterocycles. The third-order valence-electron chi connectivity index (χ3n) is 8.90. The van der Waals surface area contributed by atoms with Gasteiger partial charge in [-0.2, -0.15) is 0 Å². The van der Waals surface area contributed by atoms with Crippen LogP contribution in [0.25, 0.3) is 0 Å². The van der Waals surface area contributed by atoms with E-state index in [1.165, 1.54) is 21.3 Å². The van der Waals surface area contributed by atoms with E-state index >= 15 is 0 Å². The number of thioether (sulfide) groups is 1. The fourth-order valence-electron chi connectivity index (χ4n) is 7.53. The molecule has 0 unspecified atom stereocenters. The van der Waals surface area contributed by atoms with Crippen LogP contribution in [0.5, 0.6) is 17.2 Å². The van der Waals surface area contributed by atoms with Crippen LogP contribution in [0.3, 0.4) is 0 Å². The van der Waals surface area contributed by atoms with Crippen LogP contribution < -0.4 is 19.5 Å². The van der Waals surface area contributed by atoms with Crippen molar-refractivity contribution < 1.29 is 28.6 Å². The van der Waals surface area contributed by atoms with Gasteiger partial charge in [0.05, 0.1) is 21.3 Å². The van der Waals surface area contributed by atoms with E-state index in [2.05, 4.69) is 5.32 Å². The summed E-state index contributed by atoms with van der Waals surface area (Å²) >= 11 is 8.18. The number of hydrogen-bond acceptors (Lipinski definition) is 8. The molecule has 1 amide bonds. The first kappa shape index (κ1) is 25.4. The summed E-state index contributed by atoms with van der Waals surface area (Å²) in [6, 6.07) is 15.3. The maximum absolute atomic E-state index is 14.9. The molecular formula is C30H25ClN2O6S. The molecule has 204 valence electrons. The highest BCUT2D eigenvalue weighted by atomic mass is 35.5. The van der Waals surface area contributed by atoms with Crippen molar-refractivity contribution in [3.05, 3.63) is 81.9 Å². The van der Waals surface area contributed by atoms with Gasteiger partial charge in [-0.15, -0.1) is 11.8 Å². The van der Waals surface area contributed by atoms with Crippen LogP contribution in [0.2, 0.25) is 5.02 Å². The van der Waals surface area contributed by atoms with Crippen molar-refractivity contribution in [1.82, 2.24) is 4.90 Å². The lowest BCUT2D eigenvalue weighted by Gasteiger charge is -2.42. The fraction of sp³-hybridized carbons (Fsp3) is 0.300. The number of Topliss-reactive ketones (excluding diaryl/α,β-unsaturated/α-hetero) is 2. The average Bonchev–Trinajstić information content (AvgIpc) is 3.67. The number of ketones is 2. The van der Waals surface area contributed by atoms with Crippen molar-refractivity contribution in [2.24, 2.45) is 5.41 Å². The molecule has 2 spiro atoms. The molecule has 8 nitrogen and oxygen atoms in total. The van der Waals surface area contributed by atoms with Gasteiger partial charge in [0, 0.05) is 51.0 Å². The molecule has 0 radical (unpaired) electrons. The van der Waals surface area contributed by atoms with Crippen LogP contribution in [0.4, 0.5) is 5.69 Å². The van der Waals surface area contributed by atoms with E-state index in [0.29, 0.717) is 61.8 Å². The lowest BCUT2D eigenvalue weighted by atomic mass is 9.57. The molecular weight excluding hydrogens is 552 g/mol. The highest BCUT2D eigenvalue weighted by Gasteiger charge is 2.82. The first-order valence-electron chi connectivity index (χ1n) is 12.8. The van der Waals surface area contributed by atoms with Crippen molar-refractivity contribution in [2.45, 2.75) is 17.5 Å². The summed E-state index contributed by atoms with van der Waals surface area (Å²) in [6.07, 6.45) is 0. The summed E-state index contributed by atoms with van der Waals surface area (Å²) in [5, 5.41) is 3.42. The number of hydrogen-bond donors (Lipinski definition) is 1. The predicted octanol–water partition coefficient (Wildman–Crippen LogP) is 4.75. The van der Waals surface area contributed by atoms with E-state index in [9.17, 15) is 14.4 Å². The zero-order chi connectivity index (χ0) is 28.0. The number of nitrogens with one attached hydrogen (secondary N) is 1. The van der Waals surface area contributed by atoms with Gasteiger partial charge in [0.1, 0.15) is 5.41 Å². The number of carbonyl (C=O) groups is 3. The maximum atomic E-state index is 14.9. The molecule has 4 aliphatic rings. The monoisotopic (exact) mass is 576 g/mol. The Bertz CT molecular complexity index is 1580. The van der Waals surface area contributed by atoms with Crippen molar-refractivity contribution in [2.75, 3.05) is 38.3 Å². The summed E-state index contributed by atoms with van der Waals surface area (Å²) in [5.74, 6) is 0.439. The van der Waals surface area contributed by atoms with Crippen LogP contribution in [-0.4, -0.2) is 61.4 Å². The molecule has 3 heterocycles. The quantitative estimate of drug-likeness (QED) is 0.445. The first-order valence-corrected chi connectivity index (χ1v) is 14.3. The SMILES string of the molecule is COc1cc([C@H]2[C@@H]3CSCN3[C@@]3(C(=O)Nc4ccc(Cl)cc43)C23C(=O)c2ccccc2C3=O)cc(OC)c1OC. The largest absolute Gasteiger partial charge is 0.493 e. The van der Waals surface area contributed by atoms with Crippen LogP contribution in [-0.2, 0) is 10.3 Å². The van der Waals surface area contributed by atoms with Crippen LogP contribution in [0.1, 0.15) is 37.8 Å². The fourth-order valence-corrected chi connectivity index (χ4v) is 9.00. The van der Waals surface area contributed by atoms with E-state index in [0.717, 1.165) is 0 Å². The molecule has 1 N–H and O–H groups in total. The second-order valence-electron chi connectivity index (χ2n) is 10.3. The smallest absolute Gasteiger partial charge is 0.251 e. The topological polar surface area (TPSA) is 94.2 Å². The second kappa shape index (κ2) is 8.73. The predicted molar refractivity (Wildman–Crippen MR) is 151 cm³/mol. The summed E-state index contributed by atoms with van der Waals surface area (Å²) < 4.78 is 16.9. The van der Waals surface area contributed by atoms with Gasteiger partial charge >= 0.3 is 0 Å². The van der Waals surface area contributed by atoms with E-state index in [1.807, 2.05) is 4.90 Å². The summed E-state index contributed by atoms with van der Waals surface area (Å²) in [6.45, 7) is 0. The molecule has 40 heavy (non-hydrogen) atoms. The molecule has 7 rings (SSSR count). The Labute approximate surface area is 239 Å². The van der Waals surface area contributed by atoms with Crippen molar-refractivity contribution in [3.63, 3.8) is 0 Å². The normalized spacial score (nSPS) is 25.8. The molecule has 3 aromatic carbocycles. The molecule has 0 aromatic heterocycles. The minimum Gasteiger partial charge on any atom is -0.493 e. The number of halogens is 1. The Kier molecular flexibility index (Phi) is 5.55. The average molecular weight is 577 g/mol. The highest BCUT2D eigenvalue weighted by molar-refractivity contribution is 7.99. The Morgan fingerprint density at radius 3 is 2.17 bits per heavy atom. The third kappa shape index (κ3) is 2.80. The van der Waals surface area contributed by atoms with Gasteiger partial charge in [-0.1, -0.05) is 35.9 Å². The zero-order valence-corrected chi connectivity index (χ0v) is 23.5. The standard InChI is InChI=1S/C30H25ClN2O6S/c1-37-22-10-15(11-23(38-2)25(22)39-3)24-21-13-40-14-33(21)30(19-12-16(31)8-9-20(19)32-28(30)36)29(24)26(34)17-6-4-5-7-18(17)27(29)35/h4-12,21,24H,13-14H2,1-3H3,(H,32,36)/t21-,24-,30-/m0/s1. The summed E-state index contributed by atoms with van der Waals surface area (Å²) in [5.41, 5.74) is -1.02. The second-order valence-corrected chi connectivity index (χ2v) is 11.8. The van der Waals surface area contributed by atoms with Crippen LogP contribution in [0, 0.1) is 5.41 Å². The molecule has 1 aliphatic carbocycles. The number of carbonyl (C=O) groups excluding carboxylic acids is 3. The van der Waals surface area contributed by atoms with E-state index < -0.39 is 22.8 Å².